The van der Waals surface area contributed by atoms with Crippen LogP contribution in [0.2, 0.25) is 0 Å². The summed E-state index contributed by atoms with van der Waals surface area (Å²) in [7, 11) is 0. The highest BCUT2D eigenvalue weighted by Crippen LogP contribution is 2.26. The lowest BCUT2D eigenvalue weighted by Crippen LogP contribution is -2.24. The fourth-order valence-corrected chi connectivity index (χ4v) is 2.96. The van der Waals surface area contributed by atoms with Crippen molar-refractivity contribution in [2.24, 2.45) is 0 Å². The Kier molecular flexibility index (Phi) is 4.55. The minimum Gasteiger partial charge on any atom is -0.506 e. The van der Waals surface area contributed by atoms with E-state index in [1.807, 2.05) is 30.3 Å². The first kappa shape index (κ1) is 18.4. The highest BCUT2D eigenvalue weighted by atomic mass is 19.2. The van der Waals surface area contributed by atoms with Gasteiger partial charge in [0.05, 0.1) is 18.1 Å². The molecule has 4 rings (SSSR count). The summed E-state index contributed by atoms with van der Waals surface area (Å²) in [5, 5.41) is 17.1. The number of hydrogen-bond donors (Lipinski definition) is 3. The fraction of sp³-hybridized carbons (Fsp3) is 0.0500. The number of hydrogen-bond acceptors (Lipinski definition) is 4. The second-order valence-corrected chi connectivity index (χ2v) is 6.31. The number of aromatic hydroxyl groups is 1. The summed E-state index contributed by atoms with van der Waals surface area (Å²) in [6.45, 7) is 0.347. The number of H-pyrrole nitrogens is 1. The van der Waals surface area contributed by atoms with Crippen LogP contribution in [-0.4, -0.2) is 25.8 Å². The van der Waals surface area contributed by atoms with Gasteiger partial charge in [-0.15, -0.1) is 0 Å². The number of nitrogens with one attached hydrogen (secondary N) is 2. The van der Waals surface area contributed by atoms with Crippen LogP contribution in [0.25, 0.3) is 11.0 Å². The second kappa shape index (κ2) is 7.19. The van der Waals surface area contributed by atoms with E-state index in [2.05, 4.69) is 15.4 Å². The van der Waals surface area contributed by atoms with Crippen LogP contribution in [0.1, 0.15) is 15.9 Å². The van der Waals surface area contributed by atoms with Gasteiger partial charge in [-0.25, -0.2) is 13.5 Å². The van der Waals surface area contributed by atoms with Gasteiger partial charge in [0.2, 0.25) is 0 Å². The van der Waals surface area contributed by atoms with E-state index in [4.69, 9.17) is 0 Å². The lowest BCUT2D eigenvalue weighted by molar-refractivity contribution is 0.102. The maximum absolute atomic E-state index is 13.3. The molecule has 0 radical (unpaired) electrons. The molecule has 29 heavy (non-hydrogen) atoms. The summed E-state index contributed by atoms with van der Waals surface area (Å²) in [6, 6.07) is 12.1. The molecule has 0 saturated carbocycles. The zero-order valence-electron chi connectivity index (χ0n) is 14.8. The van der Waals surface area contributed by atoms with Crippen LogP contribution in [0, 0.1) is 11.6 Å². The molecule has 2 aromatic heterocycles. The van der Waals surface area contributed by atoms with Crippen molar-refractivity contribution in [1.29, 1.82) is 0 Å². The fourth-order valence-electron chi connectivity index (χ4n) is 2.96. The van der Waals surface area contributed by atoms with Crippen LogP contribution >= 0.6 is 0 Å². The van der Waals surface area contributed by atoms with Crippen molar-refractivity contribution in [1.82, 2.24) is 14.8 Å². The highest BCUT2D eigenvalue weighted by Gasteiger charge is 2.22. The number of pyridine rings is 1. The Bertz CT molecular complexity index is 1280. The number of halogens is 2. The third-order valence-corrected chi connectivity index (χ3v) is 4.37. The first-order valence-electron chi connectivity index (χ1n) is 8.55. The summed E-state index contributed by atoms with van der Waals surface area (Å²) < 4.78 is 27.8. The Labute approximate surface area is 162 Å². The molecule has 146 valence electrons. The predicted octanol–water partition coefficient (Wildman–Crippen LogP) is 3.01. The van der Waals surface area contributed by atoms with Gasteiger partial charge in [0.15, 0.2) is 11.6 Å². The van der Waals surface area contributed by atoms with Crippen LogP contribution in [-0.2, 0) is 6.54 Å². The van der Waals surface area contributed by atoms with Gasteiger partial charge in [-0.1, -0.05) is 30.3 Å². The number of aromatic nitrogens is 3. The maximum atomic E-state index is 13.3. The number of aromatic amines is 1. The number of rotatable bonds is 4. The molecule has 9 heteroatoms. The number of nitrogens with zero attached hydrogens (tertiary/aromatic N) is 2. The van der Waals surface area contributed by atoms with Gasteiger partial charge in [0.25, 0.3) is 11.5 Å². The minimum absolute atomic E-state index is 0.0624. The highest BCUT2D eigenvalue weighted by molar-refractivity contribution is 6.08. The molecule has 0 aliphatic carbocycles. The molecule has 0 fully saturated rings. The summed E-state index contributed by atoms with van der Waals surface area (Å²) in [5.74, 6) is -3.75. The third kappa shape index (κ3) is 3.45. The molecule has 1 amide bonds. The molecule has 4 aromatic rings. The molecule has 0 aliphatic rings. The van der Waals surface area contributed by atoms with Crippen LogP contribution < -0.4 is 10.9 Å². The van der Waals surface area contributed by atoms with E-state index >= 15 is 0 Å². The molecule has 0 saturated heterocycles. The number of amides is 1. The average Bonchev–Trinajstić information content (AvgIpc) is 3.08. The third-order valence-electron chi connectivity index (χ3n) is 4.37. The van der Waals surface area contributed by atoms with E-state index < -0.39 is 34.4 Å². The molecular formula is C20H14F2N4O3. The van der Waals surface area contributed by atoms with E-state index in [1.165, 1.54) is 10.9 Å². The van der Waals surface area contributed by atoms with Crippen molar-refractivity contribution in [2.45, 2.75) is 6.54 Å². The average molecular weight is 396 g/mol. The zero-order chi connectivity index (χ0) is 20.5. The molecule has 0 aliphatic heterocycles. The molecule has 0 atom stereocenters. The molecule has 2 heterocycles. The number of benzene rings is 2. The first-order chi connectivity index (χ1) is 13.9. The predicted molar refractivity (Wildman–Crippen MR) is 102 cm³/mol. The van der Waals surface area contributed by atoms with Crippen molar-refractivity contribution < 1.29 is 18.7 Å². The Hall–Kier alpha value is -4.01. The monoisotopic (exact) mass is 396 g/mol. The number of carbonyl (C=O) groups is 1. The van der Waals surface area contributed by atoms with Gasteiger partial charge in [-0.05, 0) is 17.7 Å². The Morgan fingerprint density at radius 1 is 1.14 bits per heavy atom. The first-order valence-corrected chi connectivity index (χ1v) is 8.55. The Balaban J connectivity index is 1.69. The van der Waals surface area contributed by atoms with Gasteiger partial charge in [-0.2, -0.15) is 5.10 Å². The number of carbonyl (C=O) groups excluding carboxylic acids is 1. The Morgan fingerprint density at radius 2 is 1.90 bits per heavy atom. The van der Waals surface area contributed by atoms with Crippen molar-refractivity contribution >= 4 is 22.6 Å². The maximum Gasteiger partial charge on any atom is 0.266 e. The van der Waals surface area contributed by atoms with Gasteiger partial charge in [0, 0.05) is 11.8 Å². The summed E-state index contributed by atoms with van der Waals surface area (Å²) >= 11 is 0. The van der Waals surface area contributed by atoms with Crippen molar-refractivity contribution in [2.75, 3.05) is 5.32 Å². The molecule has 2 aromatic carbocycles. The Morgan fingerprint density at radius 3 is 2.62 bits per heavy atom. The van der Waals surface area contributed by atoms with E-state index in [0.29, 0.717) is 6.54 Å². The molecular weight excluding hydrogens is 382 g/mol. The van der Waals surface area contributed by atoms with Crippen LogP contribution in [0.3, 0.4) is 0 Å². The second-order valence-electron chi connectivity index (χ2n) is 6.31. The molecule has 0 unspecified atom stereocenters. The van der Waals surface area contributed by atoms with Crippen molar-refractivity contribution in [3.8, 4) is 5.75 Å². The number of anilines is 1. The normalized spacial score (nSPS) is 11.0. The zero-order valence-corrected chi connectivity index (χ0v) is 14.8. The molecule has 7 nitrogen and oxygen atoms in total. The summed E-state index contributed by atoms with van der Waals surface area (Å²) in [5.41, 5.74) is -0.280. The van der Waals surface area contributed by atoms with Gasteiger partial charge >= 0.3 is 0 Å². The van der Waals surface area contributed by atoms with Crippen LogP contribution in [0.15, 0.2) is 59.5 Å². The number of fused-ring (bicyclic) bond motifs is 1. The quantitative estimate of drug-likeness (QED) is 0.494. The smallest absolute Gasteiger partial charge is 0.266 e. The van der Waals surface area contributed by atoms with Gasteiger partial charge < -0.3 is 15.4 Å². The van der Waals surface area contributed by atoms with Gasteiger partial charge in [-0.3, -0.25) is 9.59 Å². The summed E-state index contributed by atoms with van der Waals surface area (Å²) in [4.78, 5) is 27.5. The lowest BCUT2D eigenvalue weighted by Gasteiger charge is -2.08. The SMILES string of the molecule is O=C(Nc1ccc(F)c(F)c1)c1c(O)c2cnn(Cc3ccccc3)c2[nH]c1=O. The standard InChI is InChI=1S/C20H14F2N4O3/c21-14-7-6-12(8-15(14)22)24-19(28)16-17(27)13-9-23-26(18(13)25-20(16)29)10-11-4-2-1-3-5-11/h1-9H,10H2,(H,24,28)(H2,25,27,29). The van der Waals surface area contributed by atoms with Gasteiger partial charge in [0.1, 0.15) is 17.0 Å². The van der Waals surface area contributed by atoms with E-state index in [9.17, 15) is 23.5 Å². The van der Waals surface area contributed by atoms with E-state index in [0.717, 1.165) is 23.8 Å². The molecule has 0 spiro atoms. The van der Waals surface area contributed by atoms with E-state index in [1.54, 1.807) is 0 Å². The van der Waals surface area contributed by atoms with Crippen molar-refractivity contribution in [3.05, 3.63) is 87.8 Å². The van der Waals surface area contributed by atoms with Crippen LogP contribution in [0.5, 0.6) is 5.75 Å². The minimum atomic E-state index is -1.15. The van der Waals surface area contributed by atoms with Crippen molar-refractivity contribution in [3.63, 3.8) is 0 Å². The van der Waals surface area contributed by atoms with E-state index in [-0.39, 0.29) is 16.7 Å². The largest absolute Gasteiger partial charge is 0.506 e. The molecule has 0 bridgehead atoms. The molecule has 3 N–H and O–H groups in total. The topological polar surface area (TPSA) is 100 Å². The summed E-state index contributed by atoms with van der Waals surface area (Å²) in [6.07, 6.45) is 1.33. The lowest BCUT2D eigenvalue weighted by atomic mass is 10.2. The van der Waals surface area contributed by atoms with Crippen LogP contribution in [0.4, 0.5) is 14.5 Å².